The minimum absolute atomic E-state index is 0.429. The van der Waals surface area contributed by atoms with Gasteiger partial charge in [-0.1, -0.05) is 6.07 Å². The van der Waals surface area contributed by atoms with Crippen molar-refractivity contribution in [2.75, 3.05) is 6.54 Å². The molecule has 0 aliphatic carbocycles. The molecule has 0 aromatic heterocycles. The second kappa shape index (κ2) is 4.13. The van der Waals surface area contributed by atoms with Gasteiger partial charge < -0.3 is 0 Å². The van der Waals surface area contributed by atoms with Crippen LogP contribution in [0, 0.1) is 0 Å². The number of amides is 1. The molecule has 1 aromatic rings. The van der Waals surface area contributed by atoms with Gasteiger partial charge in [0.2, 0.25) is 0 Å². The van der Waals surface area contributed by atoms with Crippen molar-refractivity contribution in [3.05, 3.63) is 34.9 Å². The first-order valence-corrected chi connectivity index (χ1v) is 6.08. The number of fused-ring (bicyclic) bond motifs is 2. The number of nitrogens with zero attached hydrogens (tertiary/aromatic N) is 1. The number of hydrogen-bond donors (Lipinski definition) is 2. The Bertz CT molecular complexity index is 459. The molecule has 0 spiro atoms. The Morgan fingerprint density at radius 2 is 2.29 bits per heavy atom. The Labute approximate surface area is 100 Å². The van der Waals surface area contributed by atoms with Crippen molar-refractivity contribution >= 4 is 5.91 Å². The summed E-state index contributed by atoms with van der Waals surface area (Å²) in [6.07, 6.45) is 3.57. The van der Waals surface area contributed by atoms with Crippen LogP contribution >= 0.6 is 0 Å². The molecule has 1 fully saturated rings. The molecular weight excluding hydrogens is 216 g/mol. The van der Waals surface area contributed by atoms with Crippen LogP contribution in [0.15, 0.2) is 18.2 Å². The molecule has 17 heavy (non-hydrogen) atoms. The molecule has 0 bridgehead atoms. The number of benzene rings is 1. The SMILES string of the molecule is O=C(NO)c1ccc2c(c1)C[C@@H]1CCCN1C2. The monoisotopic (exact) mass is 232 g/mol. The van der Waals surface area contributed by atoms with Crippen LogP contribution in [0.3, 0.4) is 0 Å². The fourth-order valence-electron chi connectivity index (χ4n) is 2.98. The summed E-state index contributed by atoms with van der Waals surface area (Å²) >= 11 is 0. The summed E-state index contributed by atoms with van der Waals surface area (Å²) < 4.78 is 0. The predicted molar refractivity (Wildman–Crippen MR) is 62.8 cm³/mol. The van der Waals surface area contributed by atoms with Crippen LogP contribution in [0.5, 0.6) is 0 Å². The zero-order valence-corrected chi connectivity index (χ0v) is 9.65. The van der Waals surface area contributed by atoms with Crippen molar-refractivity contribution in [3.63, 3.8) is 0 Å². The number of carbonyl (C=O) groups is 1. The molecule has 0 saturated carbocycles. The lowest BCUT2D eigenvalue weighted by Crippen LogP contribution is -2.35. The van der Waals surface area contributed by atoms with Gasteiger partial charge in [-0.3, -0.25) is 14.9 Å². The Balaban J connectivity index is 1.91. The van der Waals surface area contributed by atoms with Crippen molar-refractivity contribution in [1.29, 1.82) is 0 Å². The van der Waals surface area contributed by atoms with E-state index in [2.05, 4.69) is 4.90 Å². The van der Waals surface area contributed by atoms with Crippen molar-refractivity contribution in [2.24, 2.45) is 0 Å². The van der Waals surface area contributed by atoms with Gasteiger partial charge in [0, 0.05) is 18.2 Å². The number of nitrogens with one attached hydrogen (secondary N) is 1. The highest BCUT2D eigenvalue weighted by Gasteiger charge is 2.29. The summed E-state index contributed by atoms with van der Waals surface area (Å²) in [4.78, 5) is 13.9. The highest BCUT2D eigenvalue weighted by atomic mass is 16.5. The normalized spacial score (nSPS) is 23.0. The van der Waals surface area contributed by atoms with Gasteiger partial charge in [-0.25, -0.2) is 5.48 Å². The van der Waals surface area contributed by atoms with E-state index in [0.29, 0.717) is 11.6 Å². The lowest BCUT2D eigenvalue weighted by atomic mass is 9.93. The summed E-state index contributed by atoms with van der Waals surface area (Å²) in [6.45, 7) is 2.20. The molecular formula is C13H16N2O2. The number of hydroxylamine groups is 1. The van der Waals surface area contributed by atoms with Gasteiger partial charge in [-0.15, -0.1) is 0 Å². The van der Waals surface area contributed by atoms with Crippen LogP contribution in [-0.2, 0) is 13.0 Å². The Morgan fingerprint density at radius 3 is 3.12 bits per heavy atom. The topological polar surface area (TPSA) is 52.6 Å². The van der Waals surface area contributed by atoms with Gasteiger partial charge in [0.05, 0.1) is 0 Å². The van der Waals surface area contributed by atoms with E-state index in [-0.39, 0.29) is 0 Å². The Kier molecular flexibility index (Phi) is 2.61. The van der Waals surface area contributed by atoms with Crippen LogP contribution in [-0.4, -0.2) is 28.6 Å². The molecule has 90 valence electrons. The predicted octanol–water partition coefficient (Wildman–Crippen LogP) is 1.33. The van der Waals surface area contributed by atoms with Crippen LogP contribution in [0.2, 0.25) is 0 Å². The third-order valence-corrected chi connectivity index (χ3v) is 3.90. The van der Waals surface area contributed by atoms with E-state index >= 15 is 0 Å². The first kappa shape index (κ1) is 10.7. The molecule has 4 heteroatoms. The third kappa shape index (κ3) is 1.83. The maximum absolute atomic E-state index is 11.4. The minimum atomic E-state index is -0.429. The van der Waals surface area contributed by atoms with Crippen molar-refractivity contribution < 1.29 is 10.0 Å². The molecule has 2 N–H and O–H groups in total. The van der Waals surface area contributed by atoms with E-state index < -0.39 is 5.91 Å². The summed E-state index contributed by atoms with van der Waals surface area (Å²) in [6, 6.07) is 6.35. The Morgan fingerprint density at radius 1 is 1.41 bits per heavy atom. The second-order valence-corrected chi connectivity index (χ2v) is 4.90. The average Bonchev–Trinajstić information content (AvgIpc) is 2.81. The van der Waals surface area contributed by atoms with Gasteiger partial charge in [0.25, 0.3) is 5.91 Å². The molecule has 0 radical (unpaired) electrons. The fraction of sp³-hybridized carbons (Fsp3) is 0.462. The lowest BCUT2D eigenvalue weighted by molar-refractivity contribution is 0.0706. The first-order valence-electron chi connectivity index (χ1n) is 6.08. The average molecular weight is 232 g/mol. The minimum Gasteiger partial charge on any atom is -0.296 e. The largest absolute Gasteiger partial charge is 0.296 e. The molecule has 1 atom stereocenters. The highest BCUT2D eigenvalue weighted by molar-refractivity contribution is 5.93. The van der Waals surface area contributed by atoms with Crippen LogP contribution in [0.4, 0.5) is 0 Å². The standard InChI is InChI=1S/C13H16N2O2/c16-13(14-17)9-3-4-10-8-15-5-1-2-12(15)7-11(10)6-9/h3-4,6,12,17H,1-2,5,7-8H2,(H,14,16)/t12-/m0/s1. The fourth-order valence-corrected chi connectivity index (χ4v) is 2.98. The van der Waals surface area contributed by atoms with Crippen LogP contribution in [0.25, 0.3) is 0 Å². The van der Waals surface area contributed by atoms with Crippen molar-refractivity contribution in [2.45, 2.75) is 31.8 Å². The molecule has 3 rings (SSSR count). The molecule has 1 amide bonds. The van der Waals surface area contributed by atoms with Gasteiger partial charge in [0.15, 0.2) is 0 Å². The third-order valence-electron chi connectivity index (χ3n) is 3.90. The van der Waals surface area contributed by atoms with Crippen molar-refractivity contribution in [1.82, 2.24) is 10.4 Å². The molecule has 2 aliphatic rings. The summed E-state index contributed by atoms with van der Waals surface area (Å²) in [7, 11) is 0. The van der Waals surface area contributed by atoms with E-state index in [1.54, 1.807) is 11.5 Å². The molecule has 4 nitrogen and oxygen atoms in total. The Hall–Kier alpha value is -1.39. The van der Waals surface area contributed by atoms with E-state index in [9.17, 15) is 4.79 Å². The smallest absolute Gasteiger partial charge is 0.274 e. The number of hydrogen-bond acceptors (Lipinski definition) is 3. The zero-order valence-electron chi connectivity index (χ0n) is 9.65. The quantitative estimate of drug-likeness (QED) is 0.567. The van der Waals surface area contributed by atoms with Crippen LogP contribution < -0.4 is 5.48 Å². The maximum Gasteiger partial charge on any atom is 0.274 e. The summed E-state index contributed by atoms with van der Waals surface area (Å²) in [5, 5.41) is 8.63. The van der Waals surface area contributed by atoms with E-state index in [4.69, 9.17) is 5.21 Å². The highest BCUT2D eigenvalue weighted by Crippen LogP contribution is 2.30. The molecule has 2 aliphatic heterocycles. The molecule has 1 saturated heterocycles. The second-order valence-electron chi connectivity index (χ2n) is 4.90. The van der Waals surface area contributed by atoms with Gasteiger partial charge in [-0.05, 0) is 49.1 Å². The molecule has 2 heterocycles. The van der Waals surface area contributed by atoms with Crippen LogP contribution in [0.1, 0.15) is 34.3 Å². The molecule has 1 aromatic carbocycles. The van der Waals surface area contributed by atoms with E-state index in [0.717, 1.165) is 13.0 Å². The van der Waals surface area contributed by atoms with Gasteiger partial charge >= 0.3 is 0 Å². The summed E-state index contributed by atoms with van der Waals surface area (Å²) in [5.74, 6) is -0.429. The zero-order chi connectivity index (χ0) is 11.8. The van der Waals surface area contributed by atoms with Crippen molar-refractivity contribution in [3.8, 4) is 0 Å². The number of rotatable bonds is 1. The van der Waals surface area contributed by atoms with E-state index in [1.165, 1.54) is 30.5 Å². The van der Waals surface area contributed by atoms with E-state index in [1.807, 2.05) is 12.1 Å². The number of carbonyl (C=O) groups excluding carboxylic acids is 1. The lowest BCUT2D eigenvalue weighted by Gasteiger charge is -2.31. The maximum atomic E-state index is 11.4. The van der Waals surface area contributed by atoms with Gasteiger partial charge in [-0.2, -0.15) is 0 Å². The molecule has 0 unspecified atom stereocenters. The summed E-state index contributed by atoms with van der Waals surface area (Å²) in [5.41, 5.74) is 4.80. The van der Waals surface area contributed by atoms with Gasteiger partial charge in [0.1, 0.15) is 0 Å². The first-order chi connectivity index (χ1) is 8.28.